The van der Waals surface area contributed by atoms with Gasteiger partial charge in [0.15, 0.2) is 0 Å². The minimum absolute atomic E-state index is 0.0455. The van der Waals surface area contributed by atoms with Crippen LogP contribution in [0.4, 0.5) is 8.78 Å². The molecule has 1 aliphatic rings. The number of carbonyl (C=O) groups is 2. The standard InChI is InChI=1S/C16H19F2NO4/c1-22-15(21)12-6-8-19(9-7-12)14(20)10-11-2-4-13(5-3-11)23-16(17)18/h2-5,12,16H,6-10H2,1H3. The number of amides is 1. The summed E-state index contributed by atoms with van der Waals surface area (Å²) in [4.78, 5) is 25.4. The highest BCUT2D eigenvalue weighted by atomic mass is 19.3. The Morgan fingerprint density at radius 1 is 1.22 bits per heavy atom. The number of carbonyl (C=O) groups excluding carboxylic acids is 2. The van der Waals surface area contributed by atoms with Gasteiger partial charge in [0.2, 0.25) is 5.91 Å². The fourth-order valence-corrected chi connectivity index (χ4v) is 2.61. The Morgan fingerprint density at radius 2 is 1.83 bits per heavy atom. The largest absolute Gasteiger partial charge is 0.469 e. The van der Waals surface area contributed by atoms with Gasteiger partial charge in [-0.2, -0.15) is 8.78 Å². The molecule has 1 saturated heterocycles. The summed E-state index contributed by atoms with van der Waals surface area (Å²) in [6.45, 7) is -1.82. The number of likely N-dealkylation sites (tertiary alicyclic amines) is 1. The van der Waals surface area contributed by atoms with Crippen LogP contribution in [0.5, 0.6) is 5.75 Å². The second kappa shape index (κ2) is 7.89. The van der Waals surface area contributed by atoms with Crippen molar-refractivity contribution < 1.29 is 27.8 Å². The lowest BCUT2D eigenvalue weighted by Gasteiger charge is -2.30. The highest BCUT2D eigenvalue weighted by Gasteiger charge is 2.27. The van der Waals surface area contributed by atoms with Crippen LogP contribution in [0.25, 0.3) is 0 Å². The molecule has 0 aromatic heterocycles. The van der Waals surface area contributed by atoms with Crippen LogP contribution in [-0.4, -0.2) is 43.6 Å². The molecule has 0 spiro atoms. The van der Waals surface area contributed by atoms with E-state index in [1.54, 1.807) is 17.0 Å². The van der Waals surface area contributed by atoms with Gasteiger partial charge in [-0.05, 0) is 30.5 Å². The summed E-state index contributed by atoms with van der Waals surface area (Å²) in [6, 6.07) is 6.02. The van der Waals surface area contributed by atoms with Crippen molar-refractivity contribution in [2.24, 2.45) is 5.92 Å². The first kappa shape index (κ1) is 17.2. The van der Waals surface area contributed by atoms with Crippen LogP contribution in [0.2, 0.25) is 0 Å². The zero-order chi connectivity index (χ0) is 16.8. The van der Waals surface area contributed by atoms with Crippen molar-refractivity contribution in [3.05, 3.63) is 29.8 Å². The van der Waals surface area contributed by atoms with Gasteiger partial charge in [0.05, 0.1) is 19.4 Å². The van der Waals surface area contributed by atoms with Crippen LogP contribution in [0, 0.1) is 5.92 Å². The number of benzene rings is 1. The van der Waals surface area contributed by atoms with Gasteiger partial charge < -0.3 is 14.4 Å². The number of halogens is 2. The molecule has 5 nitrogen and oxygen atoms in total. The molecular weight excluding hydrogens is 308 g/mol. The van der Waals surface area contributed by atoms with Crippen molar-refractivity contribution in [2.45, 2.75) is 25.9 Å². The van der Waals surface area contributed by atoms with E-state index in [9.17, 15) is 18.4 Å². The molecule has 1 aromatic rings. The normalized spacial score (nSPS) is 15.6. The molecule has 0 aliphatic carbocycles. The third-order valence-corrected chi connectivity index (χ3v) is 3.89. The van der Waals surface area contributed by atoms with Crippen LogP contribution in [0.1, 0.15) is 18.4 Å². The Kier molecular flexibility index (Phi) is 5.90. The molecule has 0 saturated carbocycles. The number of piperidine rings is 1. The molecule has 126 valence electrons. The molecule has 0 bridgehead atoms. The van der Waals surface area contributed by atoms with E-state index in [0.29, 0.717) is 25.9 Å². The van der Waals surface area contributed by atoms with E-state index >= 15 is 0 Å². The highest BCUT2D eigenvalue weighted by molar-refractivity contribution is 5.79. The van der Waals surface area contributed by atoms with E-state index in [1.165, 1.54) is 19.2 Å². The van der Waals surface area contributed by atoms with Crippen molar-refractivity contribution in [1.82, 2.24) is 4.90 Å². The maximum absolute atomic E-state index is 12.2. The minimum atomic E-state index is -2.86. The topological polar surface area (TPSA) is 55.8 Å². The molecule has 1 aliphatic heterocycles. The number of alkyl halides is 2. The third-order valence-electron chi connectivity index (χ3n) is 3.89. The Bertz CT molecular complexity index is 540. The number of hydrogen-bond donors (Lipinski definition) is 0. The summed E-state index contributed by atoms with van der Waals surface area (Å²) >= 11 is 0. The molecule has 0 N–H and O–H groups in total. The van der Waals surface area contributed by atoms with Crippen molar-refractivity contribution in [1.29, 1.82) is 0 Å². The summed E-state index contributed by atoms with van der Waals surface area (Å²) in [5.74, 6) is -0.354. The van der Waals surface area contributed by atoms with E-state index in [4.69, 9.17) is 4.74 Å². The Labute approximate surface area is 133 Å². The maximum Gasteiger partial charge on any atom is 0.387 e. The second-order valence-electron chi connectivity index (χ2n) is 5.38. The summed E-state index contributed by atoms with van der Waals surface area (Å²) in [6.07, 6.45) is 1.39. The SMILES string of the molecule is COC(=O)C1CCN(C(=O)Cc2ccc(OC(F)F)cc2)CC1. The summed E-state index contributed by atoms with van der Waals surface area (Å²) in [5, 5.41) is 0. The van der Waals surface area contributed by atoms with Crippen molar-refractivity contribution in [3.8, 4) is 5.75 Å². The zero-order valence-corrected chi connectivity index (χ0v) is 12.8. The fourth-order valence-electron chi connectivity index (χ4n) is 2.61. The average molecular weight is 327 g/mol. The number of rotatable bonds is 5. The van der Waals surface area contributed by atoms with Gasteiger partial charge >= 0.3 is 12.6 Å². The lowest BCUT2D eigenvalue weighted by Crippen LogP contribution is -2.41. The number of hydrogen-bond acceptors (Lipinski definition) is 4. The van der Waals surface area contributed by atoms with Crippen LogP contribution < -0.4 is 4.74 Å². The minimum Gasteiger partial charge on any atom is -0.469 e. The van der Waals surface area contributed by atoms with Crippen LogP contribution in [-0.2, 0) is 20.7 Å². The zero-order valence-electron chi connectivity index (χ0n) is 12.8. The lowest BCUT2D eigenvalue weighted by molar-refractivity contribution is -0.148. The van der Waals surface area contributed by atoms with Gasteiger partial charge in [0, 0.05) is 13.1 Å². The van der Waals surface area contributed by atoms with E-state index in [-0.39, 0.29) is 30.0 Å². The first-order chi connectivity index (χ1) is 11.0. The molecule has 0 radical (unpaired) electrons. The molecule has 7 heteroatoms. The smallest absolute Gasteiger partial charge is 0.387 e. The quantitative estimate of drug-likeness (QED) is 0.778. The first-order valence-electron chi connectivity index (χ1n) is 7.39. The second-order valence-corrected chi connectivity index (χ2v) is 5.38. The highest BCUT2D eigenvalue weighted by Crippen LogP contribution is 2.20. The third kappa shape index (κ3) is 4.91. The Hall–Kier alpha value is -2.18. The average Bonchev–Trinajstić information content (AvgIpc) is 2.55. The van der Waals surface area contributed by atoms with Crippen LogP contribution in [0.3, 0.4) is 0 Å². The maximum atomic E-state index is 12.2. The number of esters is 1. The molecule has 2 rings (SSSR count). The Morgan fingerprint density at radius 3 is 2.35 bits per heavy atom. The van der Waals surface area contributed by atoms with E-state index < -0.39 is 6.61 Å². The van der Waals surface area contributed by atoms with Gasteiger partial charge in [0.25, 0.3) is 0 Å². The van der Waals surface area contributed by atoms with Gasteiger partial charge in [0.1, 0.15) is 5.75 Å². The fraction of sp³-hybridized carbons (Fsp3) is 0.500. The number of methoxy groups -OCH3 is 1. The first-order valence-corrected chi connectivity index (χ1v) is 7.39. The van der Waals surface area contributed by atoms with Crippen LogP contribution in [0.15, 0.2) is 24.3 Å². The van der Waals surface area contributed by atoms with Gasteiger partial charge in [-0.1, -0.05) is 12.1 Å². The predicted octanol–water partition coefficient (Wildman–Crippen LogP) is 2.24. The molecular formula is C16H19F2NO4. The molecule has 1 amide bonds. The lowest BCUT2D eigenvalue weighted by atomic mass is 9.96. The monoisotopic (exact) mass is 327 g/mol. The molecule has 0 atom stereocenters. The molecule has 1 heterocycles. The van der Waals surface area contributed by atoms with Crippen molar-refractivity contribution in [3.63, 3.8) is 0 Å². The molecule has 0 unspecified atom stereocenters. The van der Waals surface area contributed by atoms with Gasteiger partial charge in [-0.3, -0.25) is 9.59 Å². The number of nitrogens with zero attached hydrogens (tertiary/aromatic N) is 1. The van der Waals surface area contributed by atoms with Gasteiger partial charge in [-0.15, -0.1) is 0 Å². The van der Waals surface area contributed by atoms with Crippen molar-refractivity contribution >= 4 is 11.9 Å². The van der Waals surface area contributed by atoms with E-state index in [1.807, 2.05) is 0 Å². The van der Waals surface area contributed by atoms with E-state index in [0.717, 1.165) is 5.56 Å². The summed E-state index contributed by atoms with van der Waals surface area (Å²) in [5.41, 5.74) is 0.728. The number of ether oxygens (including phenoxy) is 2. The molecule has 1 fully saturated rings. The Balaban J connectivity index is 1.84. The molecule has 1 aromatic carbocycles. The summed E-state index contributed by atoms with van der Waals surface area (Å²) < 4.78 is 33.1. The van der Waals surface area contributed by atoms with E-state index in [2.05, 4.69) is 4.74 Å². The summed E-state index contributed by atoms with van der Waals surface area (Å²) in [7, 11) is 1.36. The van der Waals surface area contributed by atoms with Crippen LogP contribution >= 0.6 is 0 Å². The molecule has 23 heavy (non-hydrogen) atoms. The predicted molar refractivity (Wildman–Crippen MR) is 78.1 cm³/mol. The van der Waals surface area contributed by atoms with Crippen molar-refractivity contribution in [2.75, 3.05) is 20.2 Å². The van der Waals surface area contributed by atoms with Gasteiger partial charge in [-0.25, -0.2) is 0 Å².